The summed E-state index contributed by atoms with van der Waals surface area (Å²) in [5, 5.41) is 3.46. The van der Waals surface area contributed by atoms with Crippen LogP contribution < -0.4 is 11.1 Å². The summed E-state index contributed by atoms with van der Waals surface area (Å²) >= 11 is 0. The smallest absolute Gasteiger partial charge is 0.308 e. The quantitative estimate of drug-likeness (QED) is 0.613. The van der Waals surface area contributed by atoms with Crippen LogP contribution in [0, 0.1) is 5.92 Å². The highest BCUT2D eigenvalue weighted by Crippen LogP contribution is 2.38. The topological polar surface area (TPSA) is 136 Å². The summed E-state index contributed by atoms with van der Waals surface area (Å²) in [5.41, 5.74) is 7.01. The van der Waals surface area contributed by atoms with E-state index in [0.717, 1.165) is 12.8 Å². The van der Waals surface area contributed by atoms with Gasteiger partial charge >= 0.3 is 5.97 Å². The fourth-order valence-corrected chi connectivity index (χ4v) is 4.06. The molecule has 3 atom stereocenters. The maximum Gasteiger partial charge on any atom is 0.308 e. The van der Waals surface area contributed by atoms with Crippen LogP contribution in [-0.2, 0) is 23.7 Å². The van der Waals surface area contributed by atoms with E-state index < -0.39 is 18.1 Å². The van der Waals surface area contributed by atoms with Crippen molar-refractivity contribution in [2.75, 3.05) is 26.5 Å². The largest absolute Gasteiger partial charge is 0.469 e. The summed E-state index contributed by atoms with van der Waals surface area (Å²) < 4.78 is 24.7. The number of ether oxygens (including phenoxy) is 4. The van der Waals surface area contributed by atoms with Crippen LogP contribution in [-0.4, -0.2) is 70.3 Å². The second-order valence-electron chi connectivity index (χ2n) is 8.14. The van der Waals surface area contributed by atoms with E-state index in [1.807, 2.05) is 13.8 Å². The lowest BCUT2D eigenvalue weighted by Crippen LogP contribution is -2.50. The third kappa shape index (κ3) is 3.85. The van der Waals surface area contributed by atoms with Gasteiger partial charge in [-0.25, -0.2) is 15.0 Å². The summed E-state index contributed by atoms with van der Waals surface area (Å²) in [4.78, 5) is 24.2. The number of esters is 1. The predicted octanol–water partition coefficient (Wildman–Crippen LogP) is 0.615. The zero-order valence-corrected chi connectivity index (χ0v) is 17.6. The van der Waals surface area contributed by atoms with Gasteiger partial charge in [-0.3, -0.25) is 9.36 Å². The number of hydrogen-bond acceptors (Lipinski definition) is 10. The Morgan fingerprint density at radius 1 is 1.33 bits per heavy atom. The third-order valence-electron chi connectivity index (χ3n) is 5.72. The van der Waals surface area contributed by atoms with E-state index in [2.05, 4.69) is 20.3 Å². The number of carbonyl (C=O) groups is 1. The van der Waals surface area contributed by atoms with Crippen molar-refractivity contribution >= 4 is 23.0 Å². The first-order chi connectivity index (χ1) is 14.3. The second kappa shape index (κ2) is 8.06. The van der Waals surface area contributed by atoms with E-state index >= 15 is 0 Å². The molecule has 0 bridgehead atoms. The molecule has 2 aromatic heterocycles. The molecule has 1 aliphatic heterocycles. The number of nitrogens with zero attached hydrogens (tertiary/aromatic N) is 4. The maximum atomic E-state index is 11.6. The molecule has 3 heterocycles. The second-order valence-corrected chi connectivity index (χ2v) is 8.14. The highest BCUT2D eigenvalue weighted by atomic mass is 16.8. The number of anilines is 1. The minimum Gasteiger partial charge on any atom is -0.469 e. The summed E-state index contributed by atoms with van der Waals surface area (Å²) in [7, 11) is 3.06. The third-order valence-corrected chi connectivity index (χ3v) is 5.72. The first-order valence-electron chi connectivity index (χ1n) is 9.95. The highest BCUT2D eigenvalue weighted by molar-refractivity contribution is 5.81. The molecule has 0 amide bonds. The Hall–Kier alpha value is -2.34. The Labute approximate surface area is 174 Å². The molecule has 2 aliphatic rings. The van der Waals surface area contributed by atoms with Crippen molar-refractivity contribution in [1.29, 1.82) is 0 Å². The van der Waals surface area contributed by atoms with E-state index in [9.17, 15) is 4.79 Å². The zero-order valence-electron chi connectivity index (χ0n) is 17.6. The molecule has 1 aliphatic carbocycles. The van der Waals surface area contributed by atoms with Crippen molar-refractivity contribution in [1.82, 2.24) is 24.8 Å². The molecule has 30 heavy (non-hydrogen) atoms. The molecular formula is C19H28N6O5. The van der Waals surface area contributed by atoms with Crippen LogP contribution in [0.15, 0.2) is 12.7 Å². The standard InChI is InChI=1S/C19H28N6O5/c1-19(2)29-14(12(27-3)7-21-11-5-10(6-11)18(26)28-4)17(30-19)25-9-24-13-15(20)22-8-23-16(13)25/h8-12,14,17,21H,5-7H2,1-4H3,(H2,20,22,23)/t10?,11?,12-,14-,17-/m1/s1. The number of rotatable bonds is 7. The average Bonchev–Trinajstić information content (AvgIpc) is 3.24. The Bertz CT molecular complexity index is 912. The van der Waals surface area contributed by atoms with E-state index in [1.54, 1.807) is 18.0 Å². The molecule has 0 spiro atoms. The number of hydrogen-bond donors (Lipinski definition) is 2. The van der Waals surface area contributed by atoms with Gasteiger partial charge in [-0.1, -0.05) is 0 Å². The van der Waals surface area contributed by atoms with Gasteiger partial charge in [0.15, 0.2) is 23.5 Å². The van der Waals surface area contributed by atoms with Gasteiger partial charge in [0.1, 0.15) is 24.1 Å². The van der Waals surface area contributed by atoms with Crippen LogP contribution in [0.5, 0.6) is 0 Å². The van der Waals surface area contributed by atoms with Crippen LogP contribution >= 0.6 is 0 Å². The zero-order chi connectivity index (χ0) is 21.5. The number of nitrogens with one attached hydrogen (secondary N) is 1. The summed E-state index contributed by atoms with van der Waals surface area (Å²) in [6, 6.07) is 0.238. The minimum atomic E-state index is -0.812. The van der Waals surface area contributed by atoms with Gasteiger partial charge in [0, 0.05) is 19.7 Å². The molecule has 2 aromatic rings. The fraction of sp³-hybridized carbons (Fsp3) is 0.684. The lowest BCUT2D eigenvalue weighted by atomic mass is 9.80. The summed E-state index contributed by atoms with van der Waals surface area (Å²) in [5.74, 6) is -0.690. The van der Waals surface area contributed by atoms with Crippen LogP contribution in [0.25, 0.3) is 11.2 Å². The normalized spacial score (nSPS) is 28.9. The number of nitrogen functional groups attached to an aromatic ring is 1. The lowest BCUT2D eigenvalue weighted by molar-refractivity contribution is -0.161. The Morgan fingerprint density at radius 3 is 2.80 bits per heavy atom. The van der Waals surface area contributed by atoms with E-state index in [-0.39, 0.29) is 24.0 Å². The lowest BCUT2D eigenvalue weighted by Gasteiger charge is -2.35. The van der Waals surface area contributed by atoms with Gasteiger partial charge in [0.25, 0.3) is 0 Å². The maximum absolute atomic E-state index is 11.6. The van der Waals surface area contributed by atoms with Crippen molar-refractivity contribution in [2.24, 2.45) is 5.92 Å². The van der Waals surface area contributed by atoms with Crippen LogP contribution in [0.1, 0.15) is 32.9 Å². The molecule has 0 aromatic carbocycles. The highest BCUT2D eigenvalue weighted by Gasteiger charge is 2.47. The molecule has 11 heteroatoms. The number of imidazole rings is 1. The molecule has 164 valence electrons. The number of aromatic nitrogens is 4. The minimum absolute atomic E-state index is 0.0336. The van der Waals surface area contributed by atoms with E-state index in [1.165, 1.54) is 13.4 Å². The van der Waals surface area contributed by atoms with Gasteiger partial charge in [-0.2, -0.15) is 0 Å². The Balaban J connectivity index is 1.48. The molecule has 0 unspecified atom stereocenters. The Kier molecular flexibility index (Phi) is 5.62. The first-order valence-corrected chi connectivity index (χ1v) is 9.95. The molecule has 4 rings (SSSR count). The predicted molar refractivity (Wildman–Crippen MR) is 106 cm³/mol. The molecule has 1 saturated carbocycles. The molecule has 0 radical (unpaired) electrons. The molecule has 2 fully saturated rings. The van der Waals surface area contributed by atoms with Crippen molar-refractivity contribution in [3.8, 4) is 0 Å². The molecule has 3 N–H and O–H groups in total. The van der Waals surface area contributed by atoms with E-state index in [0.29, 0.717) is 23.5 Å². The number of carbonyl (C=O) groups excluding carboxylic acids is 1. The van der Waals surface area contributed by atoms with Gasteiger partial charge < -0.3 is 30.0 Å². The fourth-order valence-electron chi connectivity index (χ4n) is 4.06. The summed E-state index contributed by atoms with van der Waals surface area (Å²) in [6.45, 7) is 4.25. The number of nitrogens with two attached hydrogens (primary N) is 1. The SMILES string of the molecule is COC(=O)C1CC(NC[C@@H](OC)[C@H]2OC(C)(C)O[C@H]2n2cnc3c(N)ncnc32)C1. The van der Waals surface area contributed by atoms with Crippen molar-refractivity contribution in [2.45, 2.75) is 57.0 Å². The Morgan fingerprint density at radius 2 is 2.10 bits per heavy atom. The number of fused-ring (bicyclic) bond motifs is 1. The summed E-state index contributed by atoms with van der Waals surface area (Å²) in [6.07, 6.45) is 3.31. The van der Waals surface area contributed by atoms with Crippen LogP contribution in [0.3, 0.4) is 0 Å². The molecule has 1 saturated heterocycles. The number of methoxy groups -OCH3 is 2. The van der Waals surface area contributed by atoms with Gasteiger partial charge in [0.05, 0.1) is 19.4 Å². The van der Waals surface area contributed by atoms with Crippen LogP contribution in [0.4, 0.5) is 5.82 Å². The molecular weight excluding hydrogens is 392 g/mol. The van der Waals surface area contributed by atoms with Crippen molar-refractivity contribution < 1.29 is 23.7 Å². The first kappa shape index (κ1) is 20.9. The van der Waals surface area contributed by atoms with E-state index in [4.69, 9.17) is 24.7 Å². The molecule has 11 nitrogen and oxygen atoms in total. The monoisotopic (exact) mass is 420 g/mol. The van der Waals surface area contributed by atoms with Gasteiger partial charge in [-0.15, -0.1) is 0 Å². The van der Waals surface area contributed by atoms with Crippen molar-refractivity contribution in [3.05, 3.63) is 12.7 Å². The average molecular weight is 420 g/mol. The van der Waals surface area contributed by atoms with Crippen LogP contribution in [0.2, 0.25) is 0 Å². The van der Waals surface area contributed by atoms with Gasteiger partial charge in [0.2, 0.25) is 0 Å². The van der Waals surface area contributed by atoms with Gasteiger partial charge in [-0.05, 0) is 26.7 Å². The van der Waals surface area contributed by atoms with Crippen molar-refractivity contribution in [3.63, 3.8) is 0 Å².